The molecule has 0 bridgehead atoms. The zero-order chi connectivity index (χ0) is 21.8. The molecule has 0 spiro atoms. The van der Waals surface area contributed by atoms with E-state index >= 15 is 0 Å². The number of rotatable bonds is 16. The Labute approximate surface area is 208 Å². The summed E-state index contributed by atoms with van der Waals surface area (Å²) in [7, 11) is -4.10. The third kappa shape index (κ3) is 18.8. The molecule has 0 saturated heterocycles. The quantitative estimate of drug-likeness (QED) is 0.238. The SMILES string of the molecule is CCCCCCCCCCCCCCCCc1ccccc1S(=O)(=O)O.CC[O-].[Na+]. The van der Waals surface area contributed by atoms with E-state index in [9.17, 15) is 13.0 Å². The Hall–Kier alpha value is 0.0900. The summed E-state index contributed by atoms with van der Waals surface area (Å²) < 4.78 is 32.0. The minimum atomic E-state index is -4.10. The van der Waals surface area contributed by atoms with Gasteiger partial charge in [-0.25, -0.2) is 0 Å². The maximum absolute atomic E-state index is 11.4. The first-order valence-electron chi connectivity index (χ1n) is 11.6. The van der Waals surface area contributed by atoms with Crippen molar-refractivity contribution in [2.24, 2.45) is 0 Å². The smallest absolute Gasteiger partial charge is 0.855 e. The van der Waals surface area contributed by atoms with Gasteiger partial charge in [0.05, 0.1) is 4.90 Å². The largest absolute Gasteiger partial charge is 1.00 e. The van der Waals surface area contributed by atoms with E-state index in [1.165, 1.54) is 83.1 Å². The second kappa shape index (κ2) is 22.3. The first kappa shape index (κ1) is 32.3. The van der Waals surface area contributed by atoms with E-state index in [0.29, 0.717) is 6.42 Å². The van der Waals surface area contributed by atoms with Crippen molar-refractivity contribution in [1.29, 1.82) is 0 Å². The minimum absolute atomic E-state index is 0. The number of unbranched alkanes of at least 4 members (excludes halogenated alkanes) is 13. The van der Waals surface area contributed by atoms with Gasteiger partial charge in [-0.05, 0) is 24.5 Å². The molecule has 1 aromatic rings. The van der Waals surface area contributed by atoms with Crippen LogP contribution in [0.5, 0.6) is 0 Å². The van der Waals surface area contributed by atoms with Gasteiger partial charge in [0.1, 0.15) is 0 Å². The Morgan fingerprint density at radius 1 is 0.733 bits per heavy atom. The molecule has 0 atom stereocenters. The molecular weight excluding hydrogens is 407 g/mol. The molecule has 1 aromatic carbocycles. The van der Waals surface area contributed by atoms with Crippen molar-refractivity contribution >= 4 is 10.1 Å². The molecule has 0 radical (unpaired) electrons. The van der Waals surface area contributed by atoms with Gasteiger partial charge in [0.25, 0.3) is 10.1 Å². The van der Waals surface area contributed by atoms with Crippen molar-refractivity contribution in [3.05, 3.63) is 29.8 Å². The van der Waals surface area contributed by atoms with E-state index in [1.807, 2.05) is 6.07 Å². The average molecular weight is 451 g/mol. The van der Waals surface area contributed by atoms with Crippen LogP contribution in [0, 0.1) is 0 Å². The topological polar surface area (TPSA) is 77.4 Å². The van der Waals surface area contributed by atoms with Gasteiger partial charge in [0.2, 0.25) is 0 Å². The molecule has 0 unspecified atom stereocenters. The Morgan fingerprint density at radius 2 is 1.10 bits per heavy atom. The summed E-state index contributed by atoms with van der Waals surface area (Å²) in [5.41, 5.74) is 0.730. The van der Waals surface area contributed by atoms with Crippen molar-refractivity contribution in [3.8, 4) is 0 Å². The third-order valence-corrected chi connectivity index (χ3v) is 6.00. The molecule has 0 amide bonds. The van der Waals surface area contributed by atoms with Crippen molar-refractivity contribution in [1.82, 2.24) is 0 Å². The van der Waals surface area contributed by atoms with Crippen LogP contribution in [-0.2, 0) is 16.5 Å². The first-order chi connectivity index (χ1) is 14.0. The van der Waals surface area contributed by atoms with E-state index in [2.05, 4.69) is 6.92 Å². The van der Waals surface area contributed by atoms with Gasteiger partial charge in [0, 0.05) is 0 Å². The zero-order valence-corrected chi connectivity index (χ0v) is 22.5. The normalized spacial score (nSPS) is 10.8. The standard InChI is InChI=1S/C22H38O3S.C2H5O.Na/c1-2-3-4-5-6-7-8-9-10-11-12-13-14-15-18-21-19-16-17-20-22(21)26(23,24)25;1-2-3;/h16-17,19-20H,2-15,18H2,1H3,(H,23,24,25);2H2,1H3;/q;-1;+1. The summed E-state index contributed by atoms with van der Waals surface area (Å²) >= 11 is 0. The van der Waals surface area contributed by atoms with E-state index in [1.54, 1.807) is 19.1 Å². The predicted octanol–water partition coefficient (Wildman–Crippen LogP) is 3.33. The number of aryl methyl sites for hydroxylation is 1. The summed E-state index contributed by atoms with van der Waals surface area (Å²) in [6.45, 7) is 3.83. The van der Waals surface area contributed by atoms with Gasteiger partial charge >= 0.3 is 29.6 Å². The van der Waals surface area contributed by atoms with Gasteiger partial charge in [-0.15, -0.1) is 6.61 Å². The van der Waals surface area contributed by atoms with E-state index in [-0.39, 0.29) is 41.1 Å². The van der Waals surface area contributed by atoms with Crippen LogP contribution in [0.15, 0.2) is 29.2 Å². The van der Waals surface area contributed by atoms with Gasteiger partial charge in [-0.2, -0.15) is 8.42 Å². The van der Waals surface area contributed by atoms with Crippen LogP contribution in [-0.4, -0.2) is 19.6 Å². The minimum Gasteiger partial charge on any atom is -0.855 e. The van der Waals surface area contributed by atoms with Crippen LogP contribution in [0.3, 0.4) is 0 Å². The van der Waals surface area contributed by atoms with Crippen LogP contribution in [0.25, 0.3) is 0 Å². The van der Waals surface area contributed by atoms with Crippen LogP contribution >= 0.6 is 0 Å². The van der Waals surface area contributed by atoms with Gasteiger partial charge in [-0.3, -0.25) is 4.55 Å². The maximum atomic E-state index is 11.4. The Morgan fingerprint density at radius 3 is 1.50 bits per heavy atom. The molecule has 6 heteroatoms. The molecule has 0 aliphatic heterocycles. The summed E-state index contributed by atoms with van der Waals surface area (Å²) in [6, 6.07) is 6.76. The second-order valence-electron chi connectivity index (χ2n) is 7.72. The molecule has 170 valence electrons. The summed E-state index contributed by atoms with van der Waals surface area (Å²) in [4.78, 5) is 0.0645. The monoisotopic (exact) mass is 450 g/mol. The fraction of sp³-hybridized carbons (Fsp3) is 0.750. The Balaban J connectivity index is 0. The third-order valence-electron chi connectivity index (χ3n) is 5.05. The van der Waals surface area contributed by atoms with Crippen molar-refractivity contribution in [2.45, 2.75) is 115 Å². The van der Waals surface area contributed by atoms with Gasteiger partial charge in [0.15, 0.2) is 0 Å². The molecule has 0 aromatic heterocycles. The van der Waals surface area contributed by atoms with Crippen LogP contribution < -0.4 is 34.7 Å². The molecule has 30 heavy (non-hydrogen) atoms. The fourth-order valence-electron chi connectivity index (χ4n) is 3.47. The molecule has 0 heterocycles. The predicted molar refractivity (Wildman–Crippen MR) is 121 cm³/mol. The average Bonchev–Trinajstić information content (AvgIpc) is 2.68. The number of hydrogen-bond donors (Lipinski definition) is 1. The fourth-order valence-corrected chi connectivity index (χ4v) is 4.22. The summed E-state index contributed by atoms with van der Waals surface area (Å²) in [5.74, 6) is 0. The molecule has 0 aliphatic carbocycles. The molecular formula is C24H43NaO4S. The van der Waals surface area contributed by atoms with Crippen LogP contribution in [0.1, 0.15) is 109 Å². The Bertz CT molecular complexity index is 591. The number of hydrogen-bond acceptors (Lipinski definition) is 3. The van der Waals surface area contributed by atoms with Crippen LogP contribution in [0.2, 0.25) is 0 Å². The molecule has 4 nitrogen and oxygen atoms in total. The molecule has 0 aliphatic rings. The molecule has 0 saturated carbocycles. The van der Waals surface area contributed by atoms with Crippen LogP contribution in [0.4, 0.5) is 0 Å². The summed E-state index contributed by atoms with van der Waals surface area (Å²) in [5, 5.41) is 8.93. The maximum Gasteiger partial charge on any atom is 1.00 e. The van der Waals surface area contributed by atoms with E-state index < -0.39 is 10.1 Å². The molecule has 1 N–H and O–H groups in total. The van der Waals surface area contributed by atoms with Crippen molar-refractivity contribution in [2.75, 3.05) is 6.61 Å². The number of benzene rings is 1. The zero-order valence-electron chi connectivity index (χ0n) is 19.7. The van der Waals surface area contributed by atoms with Gasteiger partial charge in [-0.1, -0.05) is 116 Å². The second-order valence-corrected chi connectivity index (χ2v) is 9.11. The van der Waals surface area contributed by atoms with Gasteiger partial charge < -0.3 is 5.11 Å². The van der Waals surface area contributed by atoms with Crippen molar-refractivity contribution in [3.63, 3.8) is 0 Å². The van der Waals surface area contributed by atoms with Crippen molar-refractivity contribution < 1.29 is 47.6 Å². The van der Waals surface area contributed by atoms with E-state index in [0.717, 1.165) is 18.4 Å². The summed E-state index contributed by atoms with van der Waals surface area (Å²) in [6.07, 6.45) is 19.1. The molecule has 0 fully saturated rings. The Kier molecular flexibility index (Phi) is 24.0. The molecule has 1 rings (SSSR count). The first-order valence-corrected chi connectivity index (χ1v) is 13.0. The van der Waals surface area contributed by atoms with E-state index in [4.69, 9.17) is 5.11 Å².